The molecule has 0 aliphatic rings. The molecule has 5 heteroatoms. The van der Waals surface area contributed by atoms with Crippen molar-refractivity contribution in [3.05, 3.63) is 29.0 Å². The number of hydrogen-bond acceptors (Lipinski definition) is 2. The van der Waals surface area contributed by atoms with Gasteiger partial charge in [0, 0.05) is 12.1 Å². The second-order valence-corrected chi connectivity index (χ2v) is 5.79. The van der Waals surface area contributed by atoms with Crippen LogP contribution in [0.3, 0.4) is 0 Å². The third-order valence-electron chi connectivity index (χ3n) is 3.05. The number of carbonyl (C=O) groups excluding carboxylic acids is 1. The molecule has 106 valence electrons. The lowest BCUT2D eigenvalue weighted by molar-refractivity contribution is -0.116. The summed E-state index contributed by atoms with van der Waals surface area (Å²) in [5, 5.41) is 2.70. The van der Waals surface area contributed by atoms with Crippen LogP contribution in [-0.4, -0.2) is 12.5 Å². The van der Waals surface area contributed by atoms with Crippen LogP contribution in [0.25, 0.3) is 0 Å². The molecule has 1 amide bonds. The van der Waals surface area contributed by atoms with Gasteiger partial charge in [0.15, 0.2) is 0 Å². The van der Waals surface area contributed by atoms with Gasteiger partial charge in [-0.25, -0.2) is 4.39 Å². The zero-order chi connectivity index (χ0) is 14.5. The second kappa shape index (κ2) is 6.87. The lowest BCUT2D eigenvalue weighted by Crippen LogP contribution is -2.20. The van der Waals surface area contributed by atoms with Crippen molar-refractivity contribution in [3.63, 3.8) is 0 Å². The van der Waals surface area contributed by atoms with Gasteiger partial charge in [-0.15, -0.1) is 0 Å². The lowest BCUT2D eigenvalue weighted by atomic mass is 9.84. The Morgan fingerprint density at radius 3 is 2.68 bits per heavy atom. The average Bonchev–Trinajstić information content (AvgIpc) is 2.32. The van der Waals surface area contributed by atoms with Crippen molar-refractivity contribution in [1.82, 2.24) is 0 Å². The van der Waals surface area contributed by atoms with Gasteiger partial charge in [0.05, 0.1) is 5.02 Å². The lowest BCUT2D eigenvalue weighted by Gasteiger charge is -2.23. The smallest absolute Gasteiger partial charge is 0.224 e. The molecule has 0 aromatic heterocycles. The van der Waals surface area contributed by atoms with Crippen LogP contribution >= 0.6 is 11.6 Å². The summed E-state index contributed by atoms with van der Waals surface area (Å²) in [5.41, 5.74) is 5.98. The van der Waals surface area contributed by atoms with E-state index in [1.54, 1.807) is 6.07 Å². The van der Waals surface area contributed by atoms with Crippen molar-refractivity contribution in [1.29, 1.82) is 0 Å². The molecule has 0 heterocycles. The fourth-order valence-electron chi connectivity index (χ4n) is 1.77. The van der Waals surface area contributed by atoms with Gasteiger partial charge in [-0.05, 0) is 43.0 Å². The number of halogens is 2. The van der Waals surface area contributed by atoms with Crippen LogP contribution in [0, 0.1) is 11.2 Å². The third kappa shape index (κ3) is 5.57. The molecule has 0 saturated heterocycles. The van der Waals surface area contributed by atoms with Crippen LogP contribution < -0.4 is 11.1 Å². The molecule has 0 unspecified atom stereocenters. The molecular weight excluding hydrogens is 267 g/mol. The second-order valence-electron chi connectivity index (χ2n) is 5.38. The number of anilines is 1. The number of nitrogens with two attached hydrogens (primary N) is 1. The third-order valence-corrected chi connectivity index (χ3v) is 3.36. The van der Waals surface area contributed by atoms with E-state index in [0.717, 1.165) is 12.8 Å². The molecule has 0 saturated carbocycles. The molecule has 0 atom stereocenters. The minimum absolute atomic E-state index is 0.0390. The van der Waals surface area contributed by atoms with E-state index >= 15 is 0 Å². The molecule has 0 bridgehead atoms. The Kier molecular flexibility index (Phi) is 5.76. The summed E-state index contributed by atoms with van der Waals surface area (Å²) in [6.45, 7) is 4.77. The van der Waals surface area contributed by atoms with Gasteiger partial charge in [-0.1, -0.05) is 25.4 Å². The molecule has 1 rings (SSSR count). The number of hydrogen-bond donors (Lipinski definition) is 2. The van der Waals surface area contributed by atoms with Crippen LogP contribution in [0.15, 0.2) is 18.2 Å². The Balaban J connectivity index is 2.49. The average molecular weight is 287 g/mol. The first-order chi connectivity index (χ1) is 8.84. The van der Waals surface area contributed by atoms with Gasteiger partial charge in [-0.3, -0.25) is 4.79 Å². The maximum Gasteiger partial charge on any atom is 0.224 e. The Morgan fingerprint density at radius 1 is 1.42 bits per heavy atom. The summed E-state index contributed by atoms with van der Waals surface area (Å²) in [4.78, 5) is 11.8. The molecule has 3 nitrogen and oxygen atoms in total. The Hall–Kier alpha value is -1.13. The maximum absolute atomic E-state index is 13.2. The predicted octanol–water partition coefficient (Wildman–Crippen LogP) is 3.57. The zero-order valence-corrected chi connectivity index (χ0v) is 12.1. The number of benzene rings is 1. The SMILES string of the molecule is CC(C)(CCN)CCC(=O)Nc1ccc(Cl)c(F)c1. The molecule has 0 fully saturated rings. The van der Waals surface area contributed by atoms with E-state index in [0.29, 0.717) is 18.7 Å². The van der Waals surface area contributed by atoms with Crippen LogP contribution in [0.2, 0.25) is 5.02 Å². The van der Waals surface area contributed by atoms with Crippen LogP contribution in [0.1, 0.15) is 33.1 Å². The first kappa shape index (κ1) is 15.9. The highest BCUT2D eigenvalue weighted by molar-refractivity contribution is 6.30. The van der Waals surface area contributed by atoms with Gasteiger partial charge in [0.2, 0.25) is 5.91 Å². The Morgan fingerprint density at radius 2 is 2.11 bits per heavy atom. The Bertz CT molecular complexity index is 449. The summed E-state index contributed by atoms with van der Waals surface area (Å²) in [6, 6.07) is 4.21. The van der Waals surface area contributed by atoms with Gasteiger partial charge in [0.1, 0.15) is 5.82 Å². The summed E-state index contributed by atoms with van der Waals surface area (Å²) in [7, 11) is 0. The molecule has 0 radical (unpaired) electrons. The quantitative estimate of drug-likeness (QED) is 0.840. The van der Waals surface area contributed by atoms with E-state index in [2.05, 4.69) is 19.2 Å². The van der Waals surface area contributed by atoms with Crippen molar-refractivity contribution < 1.29 is 9.18 Å². The van der Waals surface area contributed by atoms with E-state index < -0.39 is 5.82 Å². The number of nitrogens with one attached hydrogen (secondary N) is 1. The van der Waals surface area contributed by atoms with E-state index in [4.69, 9.17) is 17.3 Å². The van der Waals surface area contributed by atoms with E-state index in [9.17, 15) is 9.18 Å². The summed E-state index contributed by atoms with van der Waals surface area (Å²) >= 11 is 5.57. The Labute approximate surface area is 118 Å². The van der Waals surface area contributed by atoms with E-state index in [1.165, 1.54) is 12.1 Å². The fraction of sp³-hybridized carbons (Fsp3) is 0.500. The molecule has 1 aromatic rings. The van der Waals surface area contributed by atoms with Crippen molar-refractivity contribution >= 4 is 23.2 Å². The minimum atomic E-state index is -0.539. The predicted molar refractivity (Wildman–Crippen MR) is 76.7 cm³/mol. The van der Waals surface area contributed by atoms with Crippen LogP contribution in [0.4, 0.5) is 10.1 Å². The molecule has 3 N–H and O–H groups in total. The molecule has 0 aliphatic carbocycles. The highest BCUT2D eigenvalue weighted by Gasteiger charge is 2.18. The summed E-state index contributed by atoms with van der Waals surface area (Å²) in [5.74, 6) is -0.672. The molecule has 19 heavy (non-hydrogen) atoms. The van der Waals surface area contributed by atoms with E-state index in [1.807, 2.05) is 0 Å². The number of rotatable bonds is 6. The van der Waals surface area contributed by atoms with Crippen molar-refractivity contribution in [2.24, 2.45) is 11.1 Å². The zero-order valence-electron chi connectivity index (χ0n) is 11.3. The monoisotopic (exact) mass is 286 g/mol. The first-order valence-electron chi connectivity index (χ1n) is 6.29. The van der Waals surface area contributed by atoms with Crippen molar-refractivity contribution in [2.75, 3.05) is 11.9 Å². The molecule has 0 aliphatic heterocycles. The highest BCUT2D eigenvalue weighted by atomic mass is 35.5. The van der Waals surface area contributed by atoms with Crippen LogP contribution in [-0.2, 0) is 4.79 Å². The molecule has 1 aromatic carbocycles. The highest BCUT2D eigenvalue weighted by Crippen LogP contribution is 2.26. The van der Waals surface area contributed by atoms with Crippen molar-refractivity contribution in [2.45, 2.75) is 33.1 Å². The van der Waals surface area contributed by atoms with E-state index in [-0.39, 0.29) is 16.3 Å². The topological polar surface area (TPSA) is 55.1 Å². The first-order valence-corrected chi connectivity index (χ1v) is 6.67. The maximum atomic E-state index is 13.2. The minimum Gasteiger partial charge on any atom is -0.330 e. The van der Waals surface area contributed by atoms with Gasteiger partial charge >= 0.3 is 0 Å². The van der Waals surface area contributed by atoms with Gasteiger partial charge in [-0.2, -0.15) is 0 Å². The summed E-state index contributed by atoms with van der Waals surface area (Å²) < 4.78 is 13.2. The molecule has 0 spiro atoms. The largest absolute Gasteiger partial charge is 0.330 e. The van der Waals surface area contributed by atoms with Crippen molar-refractivity contribution in [3.8, 4) is 0 Å². The normalized spacial score (nSPS) is 11.4. The molecular formula is C14H20ClFN2O. The summed E-state index contributed by atoms with van der Waals surface area (Å²) in [6.07, 6.45) is 2.00. The fourth-order valence-corrected chi connectivity index (χ4v) is 1.88. The van der Waals surface area contributed by atoms with Gasteiger partial charge < -0.3 is 11.1 Å². The standard InChI is InChI=1S/C14H20ClFN2O/c1-14(2,7-8-17)6-5-13(19)18-10-3-4-11(15)12(16)9-10/h3-4,9H,5-8,17H2,1-2H3,(H,18,19). The van der Waals surface area contributed by atoms with Gasteiger partial charge in [0.25, 0.3) is 0 Å². The number of carbonyl (C=O) groups is 1. The van der Waals surface area contributed by atoms with Crippen LogP contribution in [0.5, 0.6) is 0 Å². The number of amides is 1.